The SMILES string of the molecule is COC(=O)CCCC(N)c1ccc(Br)s1. The Morgan fingerprint density at radius 1 is 1.67 bits per heavy atom. The molecule has 0 aliphatic heterocycles. The van der Waals surface area contributed by atoms with E-state index in [4.69, 9.17) is 5.73 Å². The topological polar surface area (TPSA) is 52.3 Å². The van der Waals surface area contributed by atoms with Gasteiger partial charge in [0, 0.05) is 17.3 Å². The molecule has 5 heteroatoms. The highest BCUT2D eigenvalue weighted by molar-refractivity contribution is 9.11. The third-order valence-electron chi connectivity index (χ3n) is 2.08. The molecule has 0 amide bonds. The van der Waals surface area contributed by atoms with Crippen molar-refractivity contribution in [3.05, 3.63) is 20.8 Å². The van der Waals surface area contributed by atoms with Crippen molar-refractivity contribution in [3.8, 4) is 0 Å². The summed E-state index contributed by atoms with van der Waals surface area (Å²) in [5.74, 6) is -0.172. The molecule has 1 aromatic heterocycles. The van der Waals surface area contributed by atoms with Crippen molar-refractivity contribution in [2.24, 2.45) is 5.73 Å². The summed E-state index contributed by atoms with van der Waals surface area (Å²) in [6.45, 7) is 0. The van der Waals surface area contributed by atoms with Crippen LogP contribution in [0.25, 0.3) is 0 Å². The van der Waals surface area contributed by atoms with Gasteiger partial charge in [0.15, 0.2) is 0 Å². The largest absolute Gasteiger partial charge is 0.469 e. The van der Waals surface area contributed by atoms with Gasteiger partial charge < -0.3 is 10.5 Å². The van der Waals surface area contributed by atoms with Crippen LogP contribution in [0.2, 0.25) is 0 Å². The molecule has 0 saturated heterocycles. The van der Waals surface area contributed by atoms with Gasteiger partial charge in [-0.2, -0.15) is 0 Å². The number of hydrogen-bond acceptors (Lipinski definition) is 4. The van der Waals surface area contributed by atoms with Gasteiger partial charge in [-0.1, -0.05) is 0 Å². The maximum Gasteiger partial charge on any atom is 0.305 e. The van der Waals surface area contributed by atoms with Crippen molar-refractivity contribution in [3.63, 3.8) is 0 Å². The number of halogens is 1. The number of esters is 1. The quantitative estimate of drug-likeness (QED) is 0.849. The van der Waals surface area contributed by atoms with E-state index in [2.05, 4.69) is 20.7 Å². The molecule has 0 bridgehead atoms. The van der Waals surface area contributed by atoms with Crippen molar-refractivity contribution >= 4 is 33.2 Å². The van der Waals surface area contributed by atoms with Crippen LogP contribution in [-0.4, -0.2) is 13.1 Å². The lowest BCUT2D eigenvalue weighted by Crippen LogP contribution is -2.09. The van der Waals surface area contributed by atoms with E-state index >= 15 is 0 Å². The molecule has 0 saturated carbocycles. The normalized spacial score (nSPS) is 12.5. The van der Waals surface area contributed by atoms with Crippen LogP contribution in [0, 0.1) is 0 Å². The molecular weight excluding hydrogens is 278 g/mol. The molecule has 0 fully saturated rings. The summed E-state index contributed by atoms with van der Waals surface area (Å²) in [7, 11) is 1.40. The lowest BCUT2D eigenvalue weighted by molar-refractivity contribution is -0.140. The first kappa shape index (κ1) is 12.7. The fourth-order valence-electron chi connectivity index (χ4n) is 1.24. The molecule has 2 N–H and O–H groups in total. The summed E-state index contributed by atoms with van der Waals surface area (Å²) in [6.07, 6.45) is 2.02. The van der Waals surface area contributed by atoms with Crippen LogP contribution in [0.4, 0.5) is 0 Å². The highest BCUT2D eigenvalue weighted by Gasteiger charge is 2.09. The Labute approximate surface area is 102 Å². The molecule has 0 aliphatic carbocycles. The molecule has 15 heavy (non-hydrogen) atoms. The van der Waals surface area contributed by atoms with Crippen molar-refractivity contribution in [2.75, 3.05) is 7.11 Å². The Morgan fingerprint density at radius 2 is 2.40 bits per heavy atom. The number of nitrogens with two attached hydrogens (primary N) is 1. The minimum Gasteiger partial charge on any atom is -0.469 e. The fourth-order valence-corrected chi connectivity index (χ4v) is 2.70. The van der Waals surface area contributed by atoms with E-state index in [1.54, 1.807) is 11.3 Å². The first-order chi connectivity index (χ1) is 7.13. The lowest BCUT2D eigenvalue weighted by atomic mass is 10.1. The summed E-state index contributed by atoms with van der Waals surface area (Å²) in [5, 5.41) is 0. The van der Waals surface area contributed by atoms with Gasteiger partial charge in [-0.3, -0.25) is 4.79 Å². The molecule has 0 aliphatic rings. The van der Waals surface area contributed by atoms with Gasteiger partial charge in [0.2, 0.25) is 0 Å². The van der Waals surface area contributed by atoms with E-state index in [1.165, 1.54) is 7.11 Å². The molecule has 0 aromatic carbocycles. The van der Waals surface area contributed by atoms with Crippen molar-refractivity contribution in [1.82, 2.24) is 0 Å². The standard InChI is InChI=1S/C10H14BrNO2S/c1-14-10(13)4-2-3-7(12)8-5-6-9(11)15-8/h5-7H,2-4,12H2,1H3. The number of carbonyl (C=O) groups excluding carboxylic acids is 1. The number of carbonyl (C=O) groups is 1. The van der Waals surface area contributed by atoms with Crippen LogP contribution in [0.5, 0.6) is 0 Å². The van der Waals surface area contributed by atoms with E-state index in [-0.39, 0.29) is 12.0 Å². The highest BCUT2D eigenvalue weighted by Crippen LogP contribution is 2.28. The Bertz CT molecular complexity index is 327. The van der Waals surface area contributed by atoms with E-state index in [1.807, 2.05) is 12.1 Å². The predicted molar refractivity (Wildman–Crippen MR) is 64.8 cm³/mol. The fraction of sp³-hybridized carbons (Fsp3) is 0.500. The maximum absolute atomic E-state index is 10.9. The van der Waals surface area contributed by atoms with Gasteiger partial charge in [-0.15, -0.1) is 11.3 Å². The summed E-state index contributed by atoms with van der Waals surface area (Å²) < 4.78 is 5.64. The average molecular weight is 292 g/mol. The summed E-state index contributed by atoms with van der Waals surface area (Å²) in [6, 6.07) is 4.02. The molecule has 3 nitrogen and oxygen atoms in total. The first-order valence-electron chi connectivity index (χ1n) is 4.71. The maximum atomic E-state index is 10.9. The minimum absolute atomic E-state index is 0.0194. The van der Waals surface area contributed by atoms with Crippen molar-refractivity contribution in [2.45, 2.75) is 25.3 Å². The third-order valence-corrected chi connectivity index (χ3v) is 3.84. The Morgan fingerprint density at radius 3 is 2.93 bits per heavy atom. The highest BCUT2D eigenvalue weighted by atomic mass is 79.9. The van der Waals surface area contributed by atoms with Crippen LogP contribution >= 0.6 is 27.3 Å². The van der Waals surface area contributed by atoms with Crippen LogP contribution in [0.15, 0.2) is 15.9 Å². The van der Waals surface area contributed by atoms with Gasteiger partial charge in [-0.05, 0) is 40.9 Å². The second kappa shape index (κ2) is 6.25. The molecule has 1 unspecified atom stereocenters. The molecule has 1 heterocycles. The summed E-state index contributed by atoms with van der Waals surface area (Å²) in [4.78, 5) is 12.0. The van der Waals surface area contributed by atoms with E-state index in [0.717, 1.165) is 21.5 Å². The zero-order chi connectivity index (χ0) is 11.3. The first-order valence-corrected chi connectivity index (χ1v) is 6.32. The van der Waals surface area contributed by atoms with Gasteiger partial charge in [0.1, 0.15) is 0 Å². The summed E-state index contributed by atoms with van der Waals surface area (Å²) in [5.41, 5.74) is 5.97. The number of rotatable bonds is 5. The van der Waals surface area contributed by atoms with Gasteiger partial charge in [0.05, 0.1) is 10.9 Å². The van der Waals surface area contributed by atoms with E-state index < -0.39 is 0 Å². The van der Waals surface area contributed by atoms with Gasteiger partial charge >= 0.3 is 5.97 Å². The molecule has 84 valence electrons. The number of methoxy groups -OCH3 is 1. The zero-order valence-corrected chi connectivity index (χ0v) is 10.9. The Hall–Kier alpha value is -0.390. The average Bonchev–Trinajstić information content (AvgIpc) is 2.64. The van der Waals surface area contributed by atoms with Crippen LogP contribution in [0.1, 0.15) is 30.2 Å². The molecule has 1 rings (SSSR count). The molecule has 0 spiro atoms. The van der Waals surface area contributed by atoms with Crippen LogP contribution in [-0.2, 0) is 9.53 Å². The number of ether oxygens (including phenoxy) is 1. The smallest absolute Gasteiger partial charge is 0.305 e. The molecule has 1 atom stereocenters. The van der Waals surface area contributed by atoms with Crippen molar-refractivity contribution in [1.29, 1.82) is 0 Å². The second-order valence-electron chi connectivity index (χ2n) is 3.22. The van der Waals surface area contributed by atoms with E-state index in [9.17, 15) is 4.79 Å². The predicted octanol–water partition coefficient (Wildman–Crippen LogP) is 2.85. The monoisotopic (exact) mass is 291 g/mol. The summed E-state index contributed by atoms with van der Waals surface area (Å²) >= 11 is 5.03. The van der Waals surface area contributed by atoms with E-state index in [0.29, 0.717) is 6.42 Å². The third kappa shape index (κ3) is 4.32. The second-order valence-corrected chi connectivity index (χ2v) is 5.71. The Kier molecular flexibility index (Phi) is 5.28. The molecular formula is C10H14BrNO2S. The zero-order valence-electron chi connectivity index (χ0n) is 8.53. The molecule has 0 radical (unpaired) electrons. The number of thiophene rings is 1. The van der Waals surface area contributed by atoms with Gasteiger partial charge in [-0.25, -0.2) is 0 Å². The number of hydrogen-bond donors (Lipinski definition) is 1. The minimum atomic E-state index is -0.172. The lowest BCUT2D eigenvalue weighted by Gasteiger charge is -2.08. The van der Waals surface area contributed by atoms with Gasteiger partial charge in [0.25, 0.3) is 0 Å². The van der Waals surface area contributed by atoms with Crippen molar-refractivity contribution < 1.29 is 9.53 Å². The molecule has 1 aromatic rings. The van der Waals surface area contributed by atoms with Crippen LogP contribution in [0.3, 0.4) is 0 Å². The Balaban J connectivity index is 2.30. The van der Waals surface area contributed by atoms with Crippen LogP contribution < -0.4 is 5.73 Å².